The molecule has 1 heterocycles. The maximum atomic E-state index is 12.1. The predicted octanol–water partition coefficient (Wildman–Crippen LogP) is 1.11. The van der Waals surface area contributed by atoms with Crippen LogP contribution in [0.4, 0.5) is 5.69 Å². The van der Waals surface area contributed by atoms with Gasteiger partial charge < -0.3 is 5.32 Å². The highest BCUT2D eigenvalue weighted by molar-refractivity contribution is 6.22. The van der Waals surface area contributed by atoms with Gasteiger partial charge in [-0.1, -0.05) is 13.3 Å². The Morgan fingerprint density at radius 2 is 1.95 bits per heavy atom. The van der Waals surface area contributed by atoms with Gasteiger partial charge in [-0.2, -0.15) is 0 Å². The molecule has 0 spiro atoms. The van der Waals surface area contributed by atoms with Crippen LogP contribution in [-0.2, 0) is 4.79 Å². The molecule has 0 unspecified atom stereocenters. The number of non-ortho nitro benzene ring substituents is 1. The van der Waals surface area contributed by atoms with E-state index in [1.54, 1.807) is 0 Å². The Kier molecular flexibility index (Phi) is 4.50. The zero-order valence-corrected chi connectivity index (χ0v) is 12.0. The highest BCUT2D eigenvalue weighted by atomic mass is 16.6. The van der Waals surface area contributed by atoms with Crippen LogP contribution < -0.4 is 5.32 Å². The Hall–Kier alpha value is -2.77. The van der Waals surface area contributed by atoms with Crippen LogP contribution in [0.5, 0.6) is 0 Å². The summed E-state index contributed by atoms with van der Waals surface area (Å²) in [5.74, 6) is -1.73. The number of hydrogen-bond acceptors (Lipinski definition) is 5. The number of carbonyl (C=O) groups is 3. The van der Waals surface area contributed by atoms with Crippen LogP contribution in [0.1, 0.15) is 40.5 Å². The molecule has 1 N–H and O–H groups in total. The van der Waals surface area contributed by atoms with Gasteiger partial charge >= 0.3 is 0 Å². The van der Waals surface area contributed by atoms with Gasteiger partial charge in [0.2, 0.25) is 5.91 Å². The van der Waals surface area contributed by atoms with E-state index in [0.717, 1.165) is 29.9 Å². The van der Waals surface area contributed by atoms with Crippen LogP contribution in [0.3, 0.4) is 0 Å². The first-order valence-electron chi connectivity index (χ1n) is 6.87. The van der Waals surface area contributed by atoms with Crippen LogP contribution in [0, 0.1) is 10.1 Å². The van der Waals surface area contributed by atoms with E-state index in [1.807, 2.05) is 6.92 Å². The monoisotopic (exact) mass is 305 g/mol. The lowest BCUT2D eigenvalue weighted by molar-refractivity contribution is -0.384. The van der Waals surface area contributed by atoms with Crippen LogP contribution >= 0.6 is 0 Å². The van der Waals surface area contributed by atoms with Gasteiger partial charge in [-0.05, 0) is 12.5 Å². The number of nitro benzene ring substituents is 1. The van der Waals surface area contributed by atoms with Gasteiger partial charge in [0.25, 0.3) is 17.5 Å². The topological polar surface area (TPSA) is 110 Å². The first-order valence-corrected chi connectivity index (χ1v) is 6.87. The second-order valence-electron chi connectivity index (χ2n) is 4.89. The Morgan fingerprint density at radius 1 is 1.27 bits per heavy atom. The van der Waals surface area contributed by atoms with Crippen molar-refractivity contribution >= 4 is 23.4 Å². The molecule has 0 saturated carbocycles. The number of rotatable bonds is 6. The highest BCUT2D eigenvalue weighted by Gasteiger charge is 2.37. The molecule has 2 rings (SSSR count). The minimum absolute atomic E-state index is 0.0411. The highest BCUT2D eigenvalue weighted by Crippen LogP contribution is 2.26. The lowest BCUT2D eigenvalue weighted by atomic mass is 10.1. The molecule has 1 aromatic carbocycles. The second-order valence-corrected chi connectivity index (χ2v) is 4.89. The van der Waals surface area contributed by atoms with Crippen molar-refractivity contribution in [1.29, 1.82) is 0 Å². The van der Waals surface area contributed by atoms with E-state index in [2.05, 4.69) is 5.32 Å². The van der Waals surface area contributed by atoms with Crippen molar-refractivity contribution in [2.45, 2.75) is 19.8 Å². The van der Waals surface area contributed by atoms with E-state index in [-0.39, 0.29) is 23.4 Å². The number of benzene rings is 1. The molecule has 0 bridgehead atoms. The lowest BCUT2D eigenvalue weighted by Crippen LogP contribution is -2.40. The quantitative estimate of drug-likeness (QED) is 0.366. The smallest absolute Gasteiger partial charge is 0.270 e. The summed E-state index contributed by atoms with van der Waals surface area (Å²) < 4.78 is 0. The predicted molar refractivity (Wildman–Crippen MR) is 76.4 cm³/mol. The molecule has 1 aromatic rings. The maximum absolute atomic E-state index is 12.1. The van der Waals surface area contributed by atoms with Gasteiger partial charge in [0.05, 0.1) is 16.1 Å². The Bertz CT molecular complexity index is 656. The van der Waals surface area contributed by atoms with E-state index >= 15 is 0 Å². The molecule has 0 aromatic heterocycles. The molecule has 1 aliphatic rings. The molecule has 1 aliphatic heterocycles. The largest absolute Gasteiger partial charge is 0.355 e. The summed E-state index contributed by atoms with van der Waals surface area (Å²) in [6.07, 6.45) is 1.72. The van der Waals surface area contributed by atoms with Crippen molar-refractivity contribution in [3.05, 3.63) is 39.4 Å². The van der Waals surface area contributed by atoms with E-state index in [1.165, 1.54) is 6.07 Å². The number of amides is 3. The maximum Gasteiger partial charge on any atom is 0.270 e. The SMILES string of the molecule is CCCCNC(=O)CN1C(=O)c2ccc([N+](=O)[O-])cc2C1=O. The normalized spacial score (nSPS) is 13.2. The minimum Gasteiger partial charge on any atom is -0.355 e. The fourth-order valence-electron chi connectivity index (χ4n) is 2.14. The van der Waals surface area contributed by atoms with Crippen LogP contribution in [0.25, 0.3) is 0 Å². The molecule has 8 heteroatoms. The number of carbonyl (C=O) groups excluding carboxylic acids is 3. The summed E-state index contributed by atoms with van der Waals surface area (Å²) in [7, 11) is 0. The van der Waals surface area contributed by atoms with E-state index in [9.17, 15) is 24.5 Å². The Balaban J connectivity index is 2.13. The first-order chi connectivity index (χ1) is 10.5. The second kappa shape index (κ2) is 6.33. The van der Waals surface area contributed by atoms with Crippen molar-refractivity contribution in [3.8, 4) is 0 Å². The number of nitrogens with one attached hydrogen (secondary N) is 1. The van der Waals surface area contributed by atoms with Crippen molar-refractivity contribution < 1.29 is 19.3 Å². The average molecular weight is 305 g/mol. The summed E-state index contributed by atoms with van der Waals surface area (Å²) in [6.45, 7) is 2.07. The van der Waals surface area contributed by atoms with Gasteiger partial charge in [0.15, 0.2) is 0 Å². The molecule has 0 fully saturated rings. The Labute approximate surface area is 126 Å². The number of nitro groups is 1. The Morgan fingerprint density at radius 3 is 2.59 bits per heavy atom. The number of nitrogens with zero attached hydrogens (tertiary/aromatic N) is 2. The third kappa shape index (κ3) is 2.95. The third-order valence-electron chi connectivity index (χ3n) is 3.32. The fraction of sp³-hybridized carbons (Fsp3) is 0.357. The molecule has 8 nitrogen and oxygen atoms in total. The summed E-state index contributed by atoms with van der Waals surface area (Å²) >= 11 is 0. The van der Waals surface area contributed by atoms with Crippen LogP contribution in [0.15, 0.2) is 18.2 Å². The van der Waals surface area contributed by atoms with Gasteiger partial charge in [-0.15, -0.1) is 0 Å². The average Bonchev–Trinajstić information content (AvgIpc) is 2.72. The fourth-order valence-corrected chi connectivity index (χ4v) is 2.14. The number of fused-ring (bicyclic) bond motifs is 1. The molecule has 22 heavy (non-hydrogen) atoms. The number of imide groups is 1. The molecule has 0 aliphatic carbocycles. The van der Waals surface area contributed by atoms with Gasteiger partial charge in [-0.25, -0.2) is 0 Å². The molecule has 3 amide bonds. The summed E-state index contributed by atoms with van der Waals surface area (Å²) in [4.78, 5) is 46.9. The third-order valence-corrected chi connectivity index (χ3v) is 3.32. The molecule has 0 atom stereocenters. The first kappa shape index (κ1) is 15.6. The zero-order valence-electron chi connectivity index (χ0n) is 12.0. The van der Waals surface area contributed by atoms with E-state index in [4.69, 9.17) is 0 Å². The summed E-state index contributed by atoms with van der Waals surface area (Å²) in [5, 5.41) is 13.3. The van der Waals surface area contributed by atoms with Crippen molar-refractivity contribution in [2.75, 3.05) is 13.1 Å². The van der Waals surface area contributed by atoms with Gasteiger partial charge in [0.1, 0.15) is 6.54 Å². The molecular formula is C14H15N3O5. The zero-order chi connectivity index (χ0) is 16.3. The molecule has 0 radical (unpaired) electrons. The lowest BCUT2D eigenvalue weighted by Gasteiger charge is -2.13. The number of hydrogen-bond donors (Lipinski definition) is 1. The summed E-state index contributed by atoms with van der Waals surface area (Å²) in [5.41, 5.74) is -0.230. The van der Waals surface area contributed by atoms with Crippen molar-refractivity contribution in [2.24, 2.45) is 0 Å². The minimum atomic E-state index is -0.686. The standard InChI is InChI=1S/C14H15N3O5/c1-2-3-6-15-12(18)8-16-13(19)10-5-4-9(17(21)22)7-11(10)14(16)20/h4-5,7H,2-3,6,8H2,1H3,(H,15,18). The van der Waals surface area contributed by atoms with Crippen molar-refractivity contribution in [1.82, 2.24) is 10.2 Å². The van der Waals surface area contributed by atoms with E-state index < -0.39 is 22.6 Å². The summed E-state index contributed by atoms with van der Waals surface area (Å²) in [6, 6.07) is 3.46. The van der Waals surface area contributed by atoms with Crippen LogP contribution in [-0.4, -0.2) is 40.6 Å². The van der Waals surface area contributed by atoms with E-state index in [0.29, 0.717) is 6.54 Å². The van der Waals surface area contributed by atoms with Gasteiger partial charge in [0, 0.05) is 18.7 Å². The number of unbranched alkanes of at least 4 members (excludes halogenated alkanes) is 1. The molecule has 116 valence electrons. The molecular weight excluding hydrogens is 290 g/mol. The van der Waals surface area contributed by atoms with Crippen molar-refractivity contribution in [3.63, 3.8) is 0 Å². The van der Waals surface area contributed by atoms with Gasteiger partial charge in [-0.3, -0.25) is 29.4 Å². The van der Waals surface area contributed by atoms with Crippen LogP contribution in [0.2, 0.25) is 0 Å². The molecule has 0 saturated heterocycles.